The van der Waals surface area contributed by atoms with Gasteiger partial charge in [-0.2, -0.15) is 0 Å². The molecular weight excluding hydrogens is 263 g/mol. The van der Waals surface area contributed by atoms with Crippen LogP contribution in [0.5, 0.6) is 0 Å². The van der Waals surface area contributed by atoms with Crippen LogP contribution in [0.15, 0.2) is 54.6 Å². The number of alkyl halides is 1. The van der Waals surface area contributed by atoms with Gasteiger partial charge in [-0.15, -0.1) is 0 Å². The minimum absolute atomic E-state index is 0.528. The number of likely N-dealkylation sites (tertiary alicyclic amines) is 1. The zero-order valence-electron chi connectivity index (χ0n) is 12.4. The van der Waals surface area contributed by atoms with E-state index in [2.05, 4.69) is 9.80 Å². The molecule has 1 saturated heterocycles. The van der Waals surface area contributed by atoms with Gasteiger partial charge < -0.3 is 4.90 Å². The van der Waals surface area contributed by atoms with Crippen LogP contribution in [-0.2, 0) is 11.3 Å². The number of benzene rings is 2. The first kappa shape index (κ1) is 12.8. The van der Waals surface area contributed by atoms with E-state index in [1.807, 2.05) is 68.7 Å². The molecule has 0 saturated carbocycles. The molecule has 0 bridgehead atoms. The van der Waals surface area contributed by atoms with E-state index in [0.29, 0.717) is 6.42 Å². The van der Waals surface area contributed by atoms with Crippen molar-refractivity contribution in [3.8, 4) is 0 Å². The van der Waals surface area contributed by atoms with Crippen molar-refractivity contribution in [2.24, 2.45) is 0 Å². The second kappa shape index (κ2) is 4.08. The molecule has 0 spiro atoms. The van der Waals surface area contributed by atoms with Crippen LogP contribution in [0.3, 0.4) is 0 Å². The number of para-hydroxylation sites is 1. The Balaban J connectivity index is 2.04. The number of likely N-dealkylation sites (N-methyl/N-ethyl adjacent to an activating group) is 2. The summed E-state index contributed by atoms with van der Waals surface area (Å²) in [7, 11) is 4.03. The van der Waals surface area contributed by atoms with Crippen molar-refractivity contribution in [1.82, 2.24) is 4.90 Å². The third kappa shape index (κ3) is 1.30. The average Bonchev–Trinajstić information content (AvgIpc) is 2.91. The van der Waals surface area contributed by atoms with Gasteiger partial charge in [0.25, 0.3) is 0 Å². The van der Waals surface area contributed by atoms with Crippen molar-refractivity contribution in [2.75, 3.05) is 25.5 Å². The highest BCUT2D eigenvalue weighted by molar-refractivity contribution is 5.67. The molecule has 4 rings (SSSR count). The number of hydrogen-bond acceptors (Lipinski definition) is 2. The van der Waals surface area contributed by atoms with E-state index in [1.165, 1.54) is 0 Å². The van der Waals surface area contributed by atoms with Gasteiger partial charge in [-0.3, -0.25) is 4.90 Å². The first-order chi connectivity index (χ1) is 10.1. The number of hydrogen-bond donors (Lipinski definition) is 0. The van der Waals surface area contributed by atoms with Gasteiger partial charge in [-0.1, -0.05) is 48.5 Å². The van der Waals surface area contributed by atoms with Crippen molar-refractivity contribution < 1.29 is 4.39 Å². The number of nitrogens with zero attached hydrogens (tertiary/aromatic N) is 2. The van der Waals surface area contributed by atoms with Crippen molar-refractivity contribution >= 4 is 5.69 Å². The second-order valence-electron chi connectivity index (χ2n) is 6.09. The quantitative estimate of drug-likeness (QED) is 0.790. The Hall–Kier alpha value is -1.87. The molecule has 0 amide bonds. The van der Waals surface area contributed by atoms with Crippen molar-refractivity contribution in [3.05, 3.63) is 65.7 Å². The summed E-state index contributed by atoms with van der Waals surface area (Å²) in [5, 5.41) is 0. The fraction of sp³-hybridized carbons (Fsp3) is 0.333. The zero-order chi connectivity index (χ0) is 14.7. The molecule has 1 fully saturated rings. The summed E-state index contributed by atoms with van der Waals surface area (Å²) in [6, 6.07) is 17.9. The molecule has 2 atom stereocenters. The van der Waals surface area contributed by atoms with Gasteiger partial charge in [0.2, 0.25) is 0 Å². The number of anilines is 1. The van der Waals surface area contributed by atoms with Crippen LogP contribution in [0.2, 0.25) is 0 Å². The normalized spacial score (nSPS) is 31.3. The molecule has 0 unspecified atom stereocenters. The summed E-state index contributed by atoms with van der Waals surface area (Å²) in [6.45, 7) is 0.754. The number of fused-ring (bicyclic) bond motifs is 3. The van der Waals surface area contributed by atoms with E-state index in [1.54, 1.807) is 0 Å². The summed E-state index contributed by atoms with van der Waals surface area (Å²) in [5.74, 6) is 0. The maximum absolute atomic E-state index is 16.2. The Morgan fingerprint density at radius 3 is 2.38 bits per heavy atom. The van der Waals surface area contributed by atoms with Crippen LogP contribution in [0, 0.1) is 0 Å². The second-order valence-corrected chi connectivity index (χ2v) is 6.09. The molecule has 21 heavy (non-hydrogen) atoms. The number of halogens is 1. The molecule has 2 aromatic carbocycles. The van der Waals surface area contributed by atoms with E-state index in [-0.39, 0.29) is 0 Å². The summed E-state index contributed by atoms with van der Waals surface area (Å²) >= 11 is 0. The van der Waals surface area contributed by atoms with Crippen LogP contribution in [0.25, 0.3) is 0 Å². The van der Waals surface area contributed by atoms with E-state index in [4.69, 9.17) is 0 Å². The third-order valence-corrected chi connectivity index (χ3v) is 5.25. The summed E-state index contributed by atoms with van der Waals surface area (Å²) in [4.78, 5) is 4.27. The highest BCUT2D eigenvalue weighted by atomic mass is 19.1. The molecule has 0 N–H and O–H groups in total. The Morgan fingerprint density at radius 2 is 1.62 bits per heavy atom. The molecule has 2 aliphatic rings. The average molecular weight is 282 g/mol. The van der Waals surface area contributed by atoms with E-state index < -0.39 is 11.3 Å². The predicted molar refractivity (Wildman–Crippen MR) is 83.0 cm³/mol. The van der Waals surface area contributed by atoms with Crippen LogP contribution in [0.1, 0.15) is 17.5 Å². The Labute approximate surface area is 124 Å². The smallest absolute Gasteiger partial charge is 0.180 e. The SMILES string of the molecule is CN1CC[C@]2(F)c3ccccc3N(C)[C@]12c1ccccc1. The van der Waals surface area contributed by atoms with Gasteiger partial charge in [-0.25, -0.2) is 4.39 Å². The molecule has 2 aliphatic heterocycles. The van der Waals surface area contributed by atoms with E-state index in [9.17, 15) is 0 Å². The lowest BCUT2D eigenvalue weighted by Crippen LogP contribution is -2.56. The van der Waals surface area contributed by atoms with Gasteiger partial charge in [0, 0.05) is 31.3 Å². The monoisotopic (exact) mass is 282 g/mol. The number of rotatable bonds is 1. The van der Waals surface area contributed by atoms with Gasteiger partial charge >= 0.3 is 0 Å². The molecular formula is C18H19FN2. The standard InChI is InChI=1S/C18H19FN2/c1-20-13-12-17(19)15-10-6-7-11-16(15)21(2)18(17,20)14-8-4-3-5-9-14/h3-11H,12-13H2,1-2H3/t17-,18-/m0/s1. The summed E-state index contributed by atoms with van der Waals surface area (Å²) < 4.78 is 16.2. The lowest BCUT2D eigenvalue weighted by Gasteiger charge is -2.45. The maximum atomic E-state index is 16.2. The largest absolute Gasteiger partial charge is 0.349 e. The van der Waals surface area contributed by atoms with E-state index >= 15 is 4.39 Å². The van der Waals surface area contributed by atoms with Crippen molar-refractivity contribution in [2.45, 2.75) is 17.8 Å². The van der Waals surface area contributed by atoms with Crippen molar-refractivity contribution in [1.29, 1.82) is 0 Å². The third-order valence-electron chi connectivity index (χ3n) is 5.25. The van der Waals surface area contributed by atoms with Gasteiger partial charge in [0.1, 0.15) is 0 Å². The Bertz CT molecular complexity index is 687. The lowest BCUT2D eigenvalue weighted by atomic mass is 9.82. The van der Waals surface area contributed by atoms with E-state index in [0.717, 1.165) is 23.4 Å². The summed E-state index contributed by atoms with van der Waals surface area (Å²) in [5.41, 5.74) is 0.731. The fourth-order valence-corrected chi connectivity index (χ4v) is 4.39. The topological polar surface area (TPSA) is 6.48 Å². The molecule has 2 nitrogen and oxygen atoms in total. The molecule has 3 heteroatoms. The van der Waals surface area contributed by atoms with Gasteiger partial charge in [0.05, 0.1) is 0 Å². The highest BCUT2D eigenvalue weighted by Crippen LogP contribution is 2.63. The first-order valence-electron chi connectivity index (χ1n) is 7.41. The fourth-order valence-electron chi connectivity index (χ4n) is 4.39. The molecule has 0 aromatic heterocycles. The minimum Gasteiger partial charge on any atom is -0.349 e. The minimum atomic E-state index is -1.37. The lowest BCUT2D eigenvalue weighted by molar-refractivity contribution is 0.0216. The van der Waals surface area contributed by atoms with Crippen LogP contribution in [-0.4, -0.2) is 25.5 Å². The molecule has 0 radical (unpaired) electrons. The highest BCUT2D eigenvalue weighted by Gasteiger charge is 2.68. The molecule has 2 heterocycles. The van der Waals surface area contributed by atoms with Crippen LogP contribution >= 0.6 is 0 Å². The first-order valence-corrected chi connectivity index (χ1v) is 7.41. The summed E-state index contributed by atoms with van der Waals surface area (Å²) in [6.07, 6.45) is 0.528. The molecule has 2 aromatic rings. The van der Waals surface area contributed by atoms with Crippen LogP contribution in [0.4, 0.5) is 10.1 Å². The predicted octanol–water partition coefficient (Wildman–Crippen LogP) is 3.49. The Kier molecular flexibility index (Phi) is 2.49. The van der Waals surface area contributed by atoms with Gasteiger partial charge in [0.15, 0.2) is 11.3 Å². The van der Waals surface area contributed by atoms with Crippen molar-refractivity contribution in [3.63, 3.8) is 0 Å². The Morgan fingerprint density at radius 1 is 0.952 bits per heavy atom. The zero-order valence-corrected chi connectivity index (χ0v) is 12.4. The van der Waals surface area contributed by atoms with Crippen LogP contribution < -0.4 is 4.90 Å². The maximum Gasteiger partial charge on any atom is 0.180 e. The molecule has 108 valence electrons. The molecule has 0 aliphatic carbocycles. The van der Waals surface area contributed by atoms with Gasteiger partial charge in [-0.05, 0) is 18.7 Å².